The van der Waals surface area contributed by atoms with Crippen LogP contribution in [0.3, 0.4) is 0 Å². The number of nitrogens with one attached hydrogen (secondary N) is 2. The fraction of sp³-hybridized carbons (Fsp3) is 0.407. The van der Waals surface area contributed by atoms with Crippen molar-refractivity contribution < 1.29 is 4.74 Å². The van der Waals surface area contributed by atoms with Crippen molar-refractivity contribution in [1.29, 1.82) is 5.41 Å². The van der Waals surface area contributed by atoms with Gasteiger partial charge in [0.1, 0.15) is 5.82 Å². The van der Waals surface area contributed by atoms with Gasteiger partial charge in [0.2, 0.25) is 0 Å². The van der Waals surface area contributed by atoms with Crippen LogP contribution in [0.1, 0.15) is 44.9 Å². The van der Waals surface area contributed by atoms with Crippen LogP contribution in [0, 0.1) is 11.3 Å². The van der Waals surface area contributed by atoms with E-state index < -0.39 is 0 Å². The van der Waals surface area contributed by atoms with E-state index in [4.69, 9.17) is 15.1 Å². The molecule has 2 aromatic rings. The largest absolute Gasteiger partial charge is 0.375 e. The van der Waals surface area contributed by atoms with Crippen molar-refractivity contribution in [3.8, 4) is 11.1 Å². The van der Waals surface area contributed by atoms with Crippen molar-refractivity contribution in [3.05, 3.63) is 65.9 Å². The van der Waals surface area contributed by atoms with Gasteiger partial charge >= 0.3 is 0 Å². The van der Waals surface area contributed by atoms with Crippen LogP contribution in [0.4, 0.5) is 11.5 Å². The molecule has 1 saturated heterocycles. The molecule has 2 aliphatic rings. The zero-order valence-electron chi connectivity index (χ0n) is 19.4. The van der Waals surface area contributed by atoms with Gasteiger partial charge in [-0.25, -0.2) is 4.98 Å². The zero-order chi connectivity index (χ0) is 22.5. The molecule has 5 heteroatoms. The summed E-state index contributed by atoms with van der Waals surface area (Å²) in [6.07, 6.45) is 10.6. The first-order chi connectivity index (χ1) is 15.5. The van der Waals surface area contributed by atoms with E-state index >= 15 is 0 Å². The lowest BCUT2D eigenvalue weighted by Gasteiger charge is -2.22. The number of ether oxygens (including phenoxy) is 1. The third kappa shape index (κ3) is 5.10. The minimum Gasteiger partial charge on any atom is -0.375 e. The highest BCUT2D eigenvalue weighted by molar-refractivity contribution is 6.06. The van der Waals surface area contributed by atoms with Gasteiger partial charge in [-0.05, 0) is 61.9 Å². The molecule has 5 nitrogen and oxygen atoms in total. The number of benzene rings is 1. The van der Waals surface area contributed by atoms with Gasteiger partial charge in [-0.3, -0.25) is 0 Å². The second-order valence-electron chi connectivity index (χ2n) is 8.83. The Morgan fingerprint density at radius 1 is 1.25 bits per heavy atom. The molecule has 0 saturated carbocycles. The van der Waals surface area contributed by atoms with Crippen LogP contribution in [0.25, 0.3) is 11.1 Å². The summed E-state index contributed by atoms with van der Waals surface area (Å²) in [6.45, 7) is 9.49. The van der Waals surface area contributed by atoms with E-state index in [2.05, 4.69) is 71.8 Å². The van der Waals surface area contributed by atoms with E-state index in [1.165, 1.54) is 12.1 Å². The number of hydrogen-bond acceptors (Lipinski definition) is 5. The summed E-state index contributed by atoms with van der Waals surface area (Å²) in [6, 6.07) is 11.0. The van der Waals surface area contributed by atoms with Gasteiger partial charge in [-0.15, -0.1) is 0 Å². The van der Waals surface area contributed by atoms with Crippen molar-refractivity contribution >= 4 is 17.2 Å². The molecule has 2 heterocycles. The maximum absolute atomic E-state index is 8.54. The normalized spacial score (nSPS) is 20.0. The lowest BCUT2D eigenvalue weighted by molar-refractivity contribution is 0.131. The van der Waals surface area contributed by atoms with Gasteiger partial charge in [0.25, 0.3) is 0 Å². The summed E-state index contributed by atoms with van der Waals surface area (Å²) in [7, 11) is 0. The topological polar surface area (TPSA) is 61.2 Å². The number of pyridine rings is 1. The third-order valence-electron chi connectivity index (χ3n) is 6.17. The Morgan fingerprint density at radius 3 is 2.69 bits per heavy atom. The van der Waals surface area contributed by atoms with E-state index in [1.807, 2.05) is 13.8 Å². The lowest BCUT2D eigenvalue weighted by Crippen LogP contribution is -2.21. The van der Waals surface area contributed by atoms with Gasteiger partial charge in [0.05, 0.1) is 12.3 Å². The number of rotatable bonds is 8. The molecular weight excluding hydrogens is 396 g/mol. The third-order valence-corrected chi connectivity index (χ3v) is 6.17. The molecule has 2 N–H and O–H groups in total. The highest BCUT2D eigenvalue weighted by Gasteiger charge is 2.21. The second-order valence-corrected chi connectivity index (χ2v) is 8.83. The fourth-order valence-corrected chi connectivity index (χ4v) is 4.47. The molecule has 1 fully saturated rings. The number of hydrogen-bond donors (Lipinski definition) is 2. The summed E-state index contributed by atoms with van der Waals surface area (Å²) in [5.41, 5.74) is 5.64. The number of allylic oxidation sites excluding steroid dienone is 2. The van der Waals surface area contributed by atoms with Crippen molar-refractivity contribution in [2.45, 2.75) is 46.3 Å². The molecule has 1 aromatic heterocycles. The maximum atomic E-state index is 8.54. The Hall–Kier alpha value is -2.92. The molecule has 2 atom stereocenters. The van der Waals surface area contributed by atoms with Crippen LogP contribution >= 0.6 is 0 Å². The summed E-state index contributed by atoms with van der Waals surface area (Å²) < 4.78 is 5.68. The monoisotopic (exact) mass is 430 g/mol. The highest BCUT2D eigenvalue weighted by atomic mass is 16.5. The van der Waals surface area contributed by atoms with Crippen LogP contribution in [0.2, 0.25) is 0 Å². The predicted molar refractivity (Wildman–Crippen MR) is 134 cm³/mol. The smallest absolute Gasteiger partial charge is 0.136 e. The minimum absolute atomic E-state index is 0.167. The maximum Gasteiger partial charge on any atom is 0.136 e. The average molecular weight is 431 g/mol. The van der Waals surface area contributed by atoms with E-state index in [-0.39, 0.29) is 6.04 Å². The Kier molecular flexibility index (Phi) is 7.05. The SMILES string of the molecule is CCOCc1cc(-c2ccc(N3CC[C@H](C)C3)cc2)c(C(C)=N)c(NC2C=CC=CC2)n1. The lowest BCUT2D eigenvalue weighted by atomic mass is 9.96. The molecular formula is C27H34N4O. The first-order valence-corrected chi connectivity index (χ1v) is 11.7. The van der Waals surface area contributed by atoms with Crippen LogP contribution in [0.5, 0.6) is 0 Å². The van der Waals surface area contributed by atoms with Crippen LogP contribution in [0.15, 0.2) is 54.6 Å². The quantitative estimate of drug-likeness (QED) is 0.518. The first-order valence-electron chi connectivity index (χ1n) is 11.7. The van der Waals surface area contributed by atoms with Gasteiger partial charge < -0.3 is 20.4 Å². The van der Waals surface area contributed by atoms with Crippen molar-refractivity contribution in [1.82, 2.24) is 4.98 Å². The molecule has 0 amide bonds. The number of nitrogens with zero attached hydrogens (tertiary/aromatic N) is 2. The molecule has 0 bridgehead atoms. The van der Waals surface area contributed by atoms with Gasteiger partial charge in [0, 0.05) is 42.7 Å². The summed E-state index contributed by atoms with van der Waals surface area (Å²) in [5, 5.41) is 12.1. The van der Waals surface area contributed by atoms with Gasteiger partial charge in [-0.1, -0.05) is 43.4 Å². The standard InChI is InChI=1S/C27H34N4O/c1-4-32-18-23-16-25(21-10-12-24(13-11-21)31-15-14-19(2)17-31)26(20(3)28)27(30-23)29-22-8-6-5-7-9-22/h5-8,10-13,16,19,22,28H,4,9,14-15,17-18H2,1-3H3,(H,29,30)/t19-,22?/m0/s1. The Morgan fingerprint density at radius 2 is 2.06 bits per heavy atom. The van der Waals surface area contributed by atoms with Crippen molar-refractivity contribution in [2.24, 2.45) is 5.92 Å². The highest BCUT2D eigenvalue weighted by Crippen LogP contribution is 2.33. The molecule has 1 aromatic carbocycles. The summed E-state index contributed by atoms with van der Waals surface area (Å²) in [5.74, 6) is 1.51. The fourth-order valence-electron chi connectivity index (χ4n) is 4.47. The molecule has 4 rings (SSSR count). The van der Waals surface area contributed by atoms with Crippen LogP contribution in [-0.4, -0.2) is 36.4 Å². The molecule has 0 spiro atoms. The minimum atomic E-state index is 0.167. The Bertz CT molecular complexity index is 1010. The van der Waals surface area contributed by atoms with Crippen LogP contribution in [-0.2, 0) is 11.3 Å². The number of aromatic nitrogens is 1. The molecule has 1 unspecified atom stereocenters. The zero-order valence-corrected chi connectivity index (χ0v) is 19.4. The van der Waals surface area contributed by atoms with E-state index in [0.29, 0.717) is 18.9 Å². The summed E-state index contributed by atoms with van der Waals surface area (Å²) in [4.78, 5) is 7.32. The van der Waals surface area contributed by atoms with Crippen molar-refractivity contribution in [2.75, 3.05) is 29.9 Å². The van der Waals surface area contributed by atoms with E-state index in [9.17, 15) is 0 Å². The second kappa shape index (κ2) is 10.1. The number of anilines is 2. The molecule has 168 valence electrons. The predicted octanol–water partition coefficient (Wildman–Crippen LogP) is 5.82. The average Bonchev–Trinajstić information content (AvgIpc) is 3.24. The Balaban J connectivity index is 1.71. The molecule has 0 radical (unpaired) electrons. The molecule has 32 heavy (non-hydrogen) atoms. The van der Waals surface area contributed by atoms with E-state index in [1.54, 1.807) is 0 Å². The first kappa shape index (κ1) is 22.3. The Labute approximate surface area is 191 Å². The van der Waals surface area contributed by atoms with E-state index in [0.717, 1.165) is 53.6 Å². The summed E-state index contributed by atoms with van der Waals surface area (Å²) >= 11 is 0. The van der Waals surface area contributed by atoms with Crippen LogP contribution < -0.4 is 10.2 Å². The van der Waals surface area contributed by atoms with Gasteiger partial charge in [0.15, 0.2) is 0 Å². The molecule has 1 aliphatic carbocycles. The van der Waals surface area contributed by atoms with Crippen molar-refractivity contribution in [3.63, 3.8) is 0 Å². The van der Waals surface area contributed by atoms with Gasteiger partial charge in [-0.2, -0.15) is 0 Å². The molecule has 1 aliphatic heterocycles.